The van der Waals surface area contributed by atoms with Crippen LogP contribution in [0.2, 0.25) is 5.02 Å². The largest absolute Gasteiger partial charge is 0.480 e. The second-order valence-electron chi connectivity index (χ2n) is 4.91. The average molecular weight is 317 g/mol. The number of nitro groups is 1. The van der Waals surface area contributed by atoms with Crippen LogP contribution in [0.25, 0.3) is 0 Å². The molecule has 0 bridgehead atoms. The van der Waals surface area contributed by atoms with Gasteiger partial charge in [0.15, 0.2) is 0 Å². The topological polar surface area (TPSA) is 83.7 Å². The molecule has 1 aromatic rings. The van der Waals surface area contributed by atoms with Crippen LogP contribution in [0, 0.1) is 15.9 Å². The standard InChI is InChI=1S/C13H14ClFN2O4/c14-8-6-11(12(17(20)21)7-9(8)15)16-5-3-1-2-4-10(16)13(18)19/h6-7,10H,1-5H2,(H,18,19). The van der Waals surface area contributed by atoms with E-state index in [0.717, 1.165) is 31.4 Å². The summed E-state index contributed by atoms with van der Waals surface area (Å²) in [6.45, 7) is 0.361. The van der Waals surface area contributed by atoms with Crippen LogP contribution >= 0.6 is 11.6 Å². The van der Waals surface area contributed by atoms with Crippen molar-refractivity contribution in [1.29, 1.82) is 0 Å². The molecular weight excluding hydrogens is 303 g/mol. The molecule has 8 heteroatoms. The van der Waals surface area contributed by atoms with Crippen molar-refractivity contribution >= 4 is 28.9 Å². The highest BCUT2D eigenvalue weighted by molar-refractivity contribution is 6.31. The molecule has 0 aromatic heterocycles. The molecule has 21 heavy (non-hydrogen) atoms. The van der Waals surface area contributed by atoms with E-state index in [2.05, 4.69) is 0 Å². The van der Waals surface area contributed by atoms with Crippen LogP contribution in [0.5, 0.6) is 0 Å². The van der Waals surface area contributed by atoms with E-state index in [4.69, 9.17) is 11.6 Å². The Bertz CT molecular complexity index is 582. The minimum Gasteiger partial charge on any atom is -0.480 e. The van der Waals surface area contributed by atoms with E-state index in [-0.39, 0.29) is 10.7 Å². The fraction of sp³-hybridized carbons (Fsp3) is 0.462. The molecule has 1 atom stereocenters. The number of anilines is 1. The molecule has 0 spiro atoms. The van der Waals surface area contributed by atoms with Crippen LogP contribution in [0.1, 0.15) is 25.7 Å². The molecule has 1 fully saturated rings. The van der Waals surface area contributed by atoms with Crippen molar-refractivity contribution in [3.05, 3.63) is 33.1 Å². The van der Waals surface area contributed by atoms with E-state index in [1.807, 2.05) is 0 Å². The molecule has 0 amide bonds. The highest BCUT2D eigenvalue weighted by Crippen LogP contribution is 2.36. The van der Waals surface area contributed by atoms with Crippen molar-refractivity contribution < 1.29 is 19.2 Å². The smallest absolute Gasteiger partial charge is 0.326 e. The summed E-state index contributed by atoms with van der Waals surface area (Å²) in [5.74, 6) is -1.94. The Balaban J connectivity index is 2.53. The van der Waals surface area contributed by atoms with E-state index in [1.54, 1.807) is 0 Å². The first-order chi connectivity index (χ1) is 9.91. The Kier molecular flexibility index (Phi) is 4.62. The maximum atomic E-state index is 13.5. The Hall–Kier alpha value is -1.89. The summed E-state index contributed by atoms with van der Waals surface area (Å²) in [6, 6.07) is 1.00. The summed E-state index contributed by atoms with van der Waals surface area (Å²) in [6.07, 6.45) is 2.69. The van der Waals surface area contributed by atoms with Gasteiger partial charge in [-0.15, -0.1) is 0 Å². The molecule has 1 unspecified atom stereocenters. The van der Waals surface area contributed by atoms with Crippen LogP contribution in [0.3, 0.4) is 0 Å². The molecule has 1 aliphatic heterocycles. The number of halogens is 2. The van der Waals surface area contributed by atoms with E-state index in [9.17, 15) is 24.4 Å². The molecule has 1 aliphatic rings. The number of carboxylic acid groups (broad SMARTS) is 1. The zero-order chi connectivity index (χ0) is 15.6. The number of carbonyl (C=O) groups is 1. The van der Waals surface area contributed by atoms with Crippen LogP contribution in [-0.4, -0.2) is 28.6 Å². The molecule has 1 aromatic carbocycles. The van der Waals surface area contributed by atoms with Crippen molar-refractivity contribution in [2.75, 3.05) is 11.4 Å². The van der Waals surface area contributed by atoms with Gasteiger partial charge < -0.3 is 10.0 Å². The fourth-order valence-electron chi connectivity index (χ4n) is 2.56. The van der Waals surface area contributed by atoms with Gasteiger partial charge in [0.2, 0.25) is 0 Å². The molecule has 2 rings (SSSR count). The molecule has 0 radical (unpaired) electrons. The SMILES string of the molecule is O=C(O)C1CCCCCN1c1cc(Cl)c(F)cc1[N+](=O)[O-]. The van der Waals surface area contributed by atoms with Crippen molar-refractivity contribution in [2.24, 2.45) is 0 Å². The fourth-order valence-corrected chi connectivity index (χ4v) is 2.71. The number of nitro benzene ring substituents is 1. The Morgan fingerprint density at radius 2 is 2.14 bits per heavy atom. The Labute approximate surface area is 125 Å². The van der Waals surface area contributed by atoms with Gasteiger partial charge in [-0.1, -0.05) is 24.4 Å². The van der Waals surface area contributed by atoms with Crippen LogP contribution < -0.4 is 4.90 Å². The first-order valence-corrected chi connectivity index (χ1v) is 6.92. The van der Waals surface area contributed by atoms with Crippen molar-refractivity contribution in [1.82, 2.24) is 0 Å². The second-order valence-corrected chi connectivity index (χ2v) is 5.32. The highest BCUT2D eigenvalue weighted by atomic mass is 35.5. The molecule has 1 N–H and O–H groups in total. The zero-order valence-corrected chi connectivity index (χ0v) is 11.8. The predicted octanol–water partition coefficient (Wildman–Crippen LogP) is 3.22. The summed E-state index contributed by atoms with van der Waals surface area (Å²) in [4.78, 5) is 23.2. The van der Waals surface area contributed by atoms with Gasteiger partial charge in [-0.3, -0.25) is 10.1 Å². The third-order valence-electron chi connectivity index (χ3n) is 3.56. The third-order valence-corrected chi connectivity index (χ3v) is 3.85. The Morgan fingerprint density at radius 1 is 1.43 bits per heavy atom. The number of benzene rings is 1. The number of rotatable bonds is 3. The number of aliphatic carboxylic acids is 1. The van der Waals surface area contributed by atoms with Crippen LogP contribution in [0.4, 0.5) is 15.8 Å². The number of nitrogens with zero attached hydrogens (tertiary/aromatic N) is 2. The summed E-state index contributed by atoms with van der Waals surface area (Å²) in [7, 11) is 0. The minimum atomic E-state index is -1.05. The van der Waals surface area contributed by atoms with Crippen molar-refractivity contribution in [3.8, 4) is 0 Å². The van der Waals surface area contributed by atoms with Gasteiger partial charge in [0.05, 0.1) is 16.0 Å². The summed E-state index contributed by atoms with van der Waals surface area (Å²) in [5.41, 5.74) is -0.411. The monoisotopic (exact) mass is 316 g/mol. The summed E-state index contributed by atoms with van der Waals surface area (Å²) >= 11 is 5.71. The first-order valence-electron chi connectivity index (χ1n) is 6.54. The van der Waals surface area contributed by atoms with Crippen LogP contribution in [0.15, 0.2) is 12.1 Å². The molecule has 0 saturated carbocycles. The van der Waals surface area contributed by atoms with Crippen molar-refractivity contribution in [2.45, 2.75) is 31.7 Å². The van der Waals surface area contributed by atoms with Gasteiger partial charge in [0, 0.05) is 6.54 Å². The maximum absolute atomic E-state index is 13.5. The van der Waals surface area contributed by atoms with Gasteiger partial charge in [-0.05, 0) is 18.9 Å². The third kappa shape index (κ3) is 3.24. The van der Waals surface area contributed by atoms with Gasteiger partial charge in [-0.2, -0.15) is 0 Å². The molecule has 6 nitrogen and oxygen atoms in total. The number of hydrogen-bond donors (Lipinski definition) is 1. The lowest BCUT2D eigenvalue weighted by Crippen LogP contribution is -2.41. The van der Waals surface area contributed by atoms with Gasteiger partial charge in [0.1, 0.15) is 17.5 Å². The van der Waals surface area contributed by atoms with E-state index in [0.29, 0.717) is 13.0 Å². The summed E-state index contributed by atoms with van der Waals surface area (Å²) < 4.78 is 13.5. The number of hydrogen-bond acceptors (Lipinski definition) is 4. The molecule has 1 saturated heterocycles. The minimum absolute atomic E-state index is 0.0562. The maximum Gasteiger partial charge on any atom is 0.326 e. The lowest BCUT2D eigenvalue weighted by atomic mass is 10.1. The summed E-state index contributed by atoms with van der Waals surface area (Å²) in [5, 5.41) is 20.2. The molecule has 0 aliphatic carbocycles. The van der Waals surface area contributed by atoms with Gasteiger partial charge in [-0.25, -0.2) is 9.18 Å². The quantitative estimate of drug-likeness (QED) is 0.683. The lowest BCUT2D eigenvalue weighted by molar-refractivity contribution is -0.384. The second kappa shape index (κ2) is 6.26. The number of carboxylic acids is 1. The van der Waals surface area contributed by atoms with E-state index < -0.39 is 28.4 Å². The first kappa shape index (κ1) is 15.5. The van der Waals surface area contributed by atoms with Gasteiger partial charge >= 0.3 is 5.97 Å². The normalized spacial score (nSPS) is 19.1. The van der Waals surface area contributed by atoms with E-state index >= 15 is 0 Å². The van der Waals surface area contributed by atoms with Crippen molar-refractivity contribution in [3.63, 3.8) is 0 Å². The van der Waals surface area contributed by atoms with Crippen LogP contribution in [-0.2, 0) is 4.79 Å². The zero-order valence-electron chi connectivity index (χ0n) is 11.1. The van der Waals surface area contributed by atoms with E-state index in [1.165, 1.54) is 4.90 Å². The molecule has 114 valence electrons. The highest BCUT2D eigenvalue weighted by Gasteiger charge is 2.32. The average Bonchev–Trinajstić information content (AvgIpc) is 2.66. The van der Waals surface area contributed by atoms with Gasteiger partial charge in [0.25, 0.3) is 5.69 Å². The Morgan fingerprint density at radius 3 is 2.76 bits per heavy atom. The predicted molar refractivity (Wildman–Crippen MR) is 75.3 cm³/mol. The molecule has 1 heterocycles. The molecular formula is C13H14ClFN2O4. The lowest BCUT2D eigenvalue weighted by Gasteiger charge is -2.28.